The summed E-state index contributed by atoms with van der Waals surface area (Å²) < 4.78 is 0. The van der Waals surface area contributed by atoms with Gasteiger partial charge in [-0.25, -0.2) is 0 Å². The molecule has 2 unspecified atom stereocenters. The highest BCUT2D eigenvalue weighted by atomic mass is 16.2. The minimum absolute atomic E-state index is 0.0166. The largest absolute Gasteiger partial charge is 0.337 e. The molecule has 0 aliphatic carbocycles. The van der Waals surface area contributed by atoms with Gasteiger partial charge in [-0.2, -0.15) is 0 Å². The Hall–Kier alpha value is -2.69. The number of fused-ring (bicyclic) bond motifs is 3. The van der Waals surface area contributed by atoms with Gasteiger partial charge < -0.3 is 4.90 Å². The van der Waals surface area contributed by atoms with Crippen LogP contribution in [-0.4, -0.2) is 45.6 Å². The fraction of sp³-hybridized carbons (Fsp3) is 0.458. The predicted molar refractivity (Wildman–Crippen MR) is 110 cm³/mol. The third-order valence-corrected chi connectivity index (χ3v) is 6.94. The standard InChI is InChI=1S/C24H26N2O3/c27-22(11-8-17-6-3-5-16-4-1-2-7-21(16)17)25-18-9-10-19(25)15-20(14-18)26-23(28)12-13-24(26)29/h1-7,18-20H,8-15H2. The second-order valence-corrected chi connectivity index (χ2v) is 8.61. The lowest BCUT2D eigenvalue weighted by molar-refractivity contribution is -0.144. The number of aryl methyl sites for hydroxylation is 1. The number of carbonyl (C=O) groups is 3. The molecule has 0 N–H and O–H groups in total. The van der Waals surface area contributed by atoms with Crippen molar-refractivity contribution >= 4 is 28.5 Å². The molecule has 2 bridgehead atoms. The third-order valence-electron chi connectivity index (χ3n) is 6.94. The summed E-state index contributed by atoms with van der Waals surface area (Å²) in [6.45, 7) is 0. The Labute approximate surface area is 170 Å². The van der Waals surface area contributed by atoms with E-state index < -0.39 is 0 Å². The molecule has 5 nitrogen and oxygen atoms in total. The van der Waals surface area contributed by atoms with E-state index in [1.54, 1.807) is 0 Å². The Kier molecular flexibility index (Phi) is 4.61. The Morgan fingerprint density at radius 3 is 2.24 bits per heavy atom. The quantitative estimate of drug-likeness (QED) is 0.752. The van der Waals surface area contributed by atoms with Crippen LogP contribution in [-0.2, 0) is 20.8 Å². The first-order valence-corrected chi connectivity index (χ1v) is 10.7. The molecule has 3 heterocycles. The van der Waals surface area contributed by atoms with E-state index in [1.165, 1.54) is 21.2 Å². The summed E-state index contributed by atoms with van der Waals surface area (Å²) in [6, 6.07) is 14.9. The van der Waals surface area contributed by atoms with Gasteiger partial charge in [0.2, 0.25) is 17.7 Å². The zero-order valence-corrected chi connectivity index (χ0v) is 16.5. The van der Waals surface area contributed by atoms with E-state index in [-0.39, 0.29) is 35.8 Å². The predicted octanol–water partition coefficient (Wildman–Crippen LogP) is 3.44. The van der Waals surface area contributed by atoms with E-state index in [2.05, 4.69) is 35.2 Å². The van der Waals surface area contributed by atoms with Crippen molar-refractivity contribution in [3.63, 3.8) is 0 Å². The van der Waals surface area contributed by atoms with E-state index in [0.717, 1.165) is 32.1 Å². The van der Waals surface area contributed by atoms with E-state index in [9.17, 15) is 14.4 Å². The lowest BCUT2D eigenvalue weighted by atomic mass is 9.94. The van der Waals surface area contributed by atoms with Gasteiger partial charge in [0.15, 0.2) is 0 Å². The molecule has 29 heavy (non-hydrogen) atoms. The summed E-state index contributed by atoms with van der Waals surface area (Å²) in [5, 5.41) is 2.42. The summed E-state index contributed by atoms with van der Waals surface area (Å²) in [5.41, 5.74) is 1.21. The number of amides is 3. The van der Waals surface area contributed by atoms with Gasteiger partial charge in [-0.3, -0.25) is 19.3 Å². The van der Waals surface area contributed by atoms with E-state index >= 15 is 0 Å². The molecule has 5 rings (SSSR count). The highest BCUT2D eigenvalue weighted by molar-refractivity contribution is 6.02. The van der Waals surface area contributed by atoms with Crippen LogP contribution in [0.2, 0.25) is 0 Å². The van der Waals surface area contributed by atoms with Crippen molar-refractivity contribution in [3.05, 3.63) is 48.0 Å². The Balaban J connectivity index is 1.27. The van der Waals surface area contributed by atoms with E-state index in [0.29, 0.717) is 19.3 Å². The van der Waals surface area contributed by atoms with Crippen LogP contribution >= 0.6 is 0 Å². The molecule has 0 spiro atoms. The first-order chi connectivity index (χ1) is 14.1. The third kappa shape index (κ3) is 3.22. The molecule has 3 saturated heterocycles. The number of rotatable bonds is 4. The molecular weight excluding hydrogens is 364 g/mol. The number of benzene rings is 2. The number of likely N-dealkylation sites (tertiary alicyclic amines) is 1. The maximum Gasteiger partial charge on any atom is 0.229 e. The summed E-state index contributed by atoms with van der Waals surface area (Å²) in [4.78, 5) is 40.9. The van der Waals surface area contributed by atoms with Crippen molar-refractivity contribution in [2.45, 2.75) is 69.5 Å². The van der Waals surface area contributed by atoms with Crippen molar-refractivity contribution < 1.29 is 14.4 Å². The molecule has 3 aliphatic rings. The maximum atomic E-state index is 13.1. The van der Waals surface area contributed by atoms with Gasteiger partial charge in [0, 0.05) is 37.4 Å². The molecule has 3 aliphatic heterocycles. The lowest BCUT2D eigenvalue weighted by Crippen LogP contribution is -2.53. The Morgan fingerprint density at radius 1 is 0.862 bits per heavy atom. The molecule has 0 saturated carbocycles. The van der Waals surface area contributed by atoms with Crippen LogP contribution < -0.4 is 0 Å². The fourth-order valence-corrected chi connectivity index (χ4v) is 5.65. The average Bonchev–Trinajstić information content (AvgIpc) is 3.21. The van der Waals surface area contributed by atoms with Crippen LogP contribution in [0.15, 0.2) is 42.5 Å². The van der Waals surface area contributed by atoms with Gasteiger partial charge in [-0.1, -0.05) is 42.5 Å². The Bertz CT molecular complexity index is 950. The molecular formula is C24H26N2O3. The van der Waals surface area contributed by atoms with Crippen molar-refractivity contribution in [1.82, 2.24) is 9.80 Å². The lowest BCUT2D eigenvalue weighted by Gasteiger charge is -2.41. The molecule has 2 atom stereocenters. The second-order valence-electron chi connectivity index (χ2n) is 8.61. The molecule has 0 aromatic heterocycles. The first kappa shape index (κ1) is 18.3. The first-order valence-electron chi connectivity index (χ1n) is 10.7. The molecule has 3 amide bonds. The number of hydrogen-bond donors (Lipinski definition) is 0. The summed E-state index contributed by atoms with van der Waals surface area (Å²) in [6.07, 6.45) is 5.39. The number of piperidine rings is 1. The molecule has 5 heteroatoms. The monoisotopic (exact) mass is 390 g/mol. The normalized spacial score (nSPS) is 26.6. The van der Waals surface area contributed by atoms with Crippen LogP contribution in [0.4, 0.5) is 0 Å². The van der Waals surface area contributed by atoms with Gasteiger partial charge in [0.25, 0.3) is 0 Å². The summed E-state index contributed by atoms with van der Waals surface area (Å²) in [5.74, 6) is 0.147. The van der Waals surface area contributed by atoms with Gasteiger partial charge >= 0.3 is 0 Å². The summed E-state index contributed by atoms with van der Waals surface area (Å²) >= 11 is 0. The van der Waals surface area contributed by atoms with Crippen LogP contribution in [0.3, 0.4) is 0 Å². The zero-order valence-electron chi connectivity index (χ0n) is 16.5. The summed E-state index contributed by atoms with van der Waals surface area (Å²) in [7, 11) is 0. The van der Waals surface area contributed by atoms with E-state index in [1.807, 2.05) is 12.1 Å². The van der Waals surface area contributed by atoms with E-state index in [4.69, 9.17) is 0 Å². The van der Waals surface area contributed by atoms with Gasteiger partial charge in [0.05, 0.1) is 0 Å². The topological polar surface area (TPSA) is 57.7 Å². The van der Waals surface area contributed by atoms with Crippen LogP contribution in [0.25, 0.3) is 10.8 Å². The number of imide groups is 1. The number of carbonyl (C=O) groups excluding carboxylic acids is 3. The van der Waals surface area contributed by atoms with Crippen molar-refractivity contribution in [1.29, 1.82) is 0 Å². The molecule has 0 radical (unpaired) electrons. The smallest absolute Gasteiger partial charge is 0.229 e. The highest BCUT2D eigenvalue weighted by Crippen LogP contribution is 2.39. The van der Waals surface area contributed by atoms with Crippen LogP contribution in [0.1, 0.15) is 50.5 Å². The molecule has 2 aromatic carbocycles. The van der Waals surface area contributed by atoms with Crippen LogP contribution in [0, 0.1) is 0 Å². The number of hydrogen-bond acceptors (Lipinski definition) is 3. The van der Waals surface area contributed by atoms with Crippen LogP contribution in [0.5, 0.6) is 0 Å². The van der Waals surface area contributed by atoms with Gasteiger partial charge in [-0.15, -0.1) is 0 Å². The SMILES string of the molecule is O=C1CCC(=O)N1C1CC2CCC(C1)N2C(=O)CCc1cccc2ccccc12. The van der Waals surface area contributed by atoms with Gasteiger partial charge in [0.1, 0.15) is 0 Å². The van der Waals surface area contributed by atoms with Crippen molar-refractivity contribution in [2.24, 2.45) is 0 Å². The second kappa shape index (κ2) is 7.29. The molecule has 2 aromatic rings. The minimum Gasteiger partial charge on any atom is -0.337 e. The molecule has 150 valence electrons. The fourth-order valence-electron chi connectivity index (χ4n) is 5.65. The van der Waals surface area contributed by atoms with Crippen molar-refractivity contribution in [3.8, 4) is 0 Å². The highest BCUT2D eigenvalue weighted by Gasteiger charge is 2.47. The van der Waals surface area contributed by atoms with Gasteiger partial charge in [-0.05, 0) is 48.4 Å². The molecule has 3 fully saturated rings. The minimum atomic E-state index is -0.0323. The zero-order chi connectivity index (χ0) is 20.0. The Morgan fingerprint density at radius 2 is 1.52 bits per heavy atom. The van der Waals surface area contributed by atoms with Crippen molar-refractivity contribution in [2.75, 3.05) is 0 Å². The average molecular weight is 390 g/mol. The number of nitrogens with zero attached hydrogens (tertiary/aromatic N) is 2. The maximum absolute atomic E-state index is 13.1.